The second-order valence-electron chi connectivity index (χ2n) is 5.15. The summed E-state index contributed by atoms with van der Waals surface area (Å²) in [6.07, 6.45) is 0. The highest BCUT2D eigenvalue weighted by molar-refractivity contribution is 5.74. The van der Waals surface area contributed by atoms with E-state index in [2.05, 4.69) is 22.0 Å². The van der Waals surface area contributed by atoms with Gasteiger partial charge in [-0.3, -0.25) is 0 Å². The zero-order chi connectivity index (χ0) is 16.7. The van der Waals surface area contributed by atoms with Gasteiger partial charge in [0.2, 0.25) is 0 Å². The summed E-state index contributed by atoms with van der Waals surface area (Å²) in [6.45, 7) is 6.99. The minimum absolute atomic E-state index is 0.0188. The number of piperazine rings is 1. The van der Waals surface area contributed by atoms with Gasteiger partial charge in [-0.2, -0.15) is 15.8 Å². The smallest absolute Gasteiger partial charge is 0.163 e. The van der Waals surface area contributed by atoms with Crippen molar-refractivity contribution < 1.29 is 0 Å². The Kier molecular flexibility index (Phi) is 5.58. The highest BCUT2D eigenvalue weighted by Crippen LogP contribution is 2.28. The maximum absolute atomic E-state index is 9.19. The van der Waals surface area contributed by atoms with E-state index in [4.69, 9.17) is 10.5 Å². The molecule has 0 unspecified atom stereocenters. The van der Waals surface area contributed by atoms with Gasteiger partial charge in [-0.1, -0.05) is 19.1 Å². The molecule has 0 amide bonds. The summed E-state index contributed by atoms with van der Waals surface area (Å²) in [6, 6.07) is 13.0. The number of allylic oxidation sites excluding steroid dienone is 2. The van der Waals surface area contributed by atoms with Crippen molar-refractivity contribution in [3.63, 3.8) is 0 Å². The summed E-state index contributed by atoms with van der Waals surface area (Å²) in [5, 5.41) is 30.0. The minimum atomic E-state index is -0.210. The van der Waals surface area contributed by atoms with E-state index in [-0.39, 0.29) is 11.3 Å². The Hall–Kier alpha value is -3.01. The highest BCUT2D eigenvalue weighted by atomic mass is 15.3. The summed E-state index contributed by atoms with van der Waals surface area (Å²) in [4.78, 5) is 4.64. The molecule has 0 spiro atoms. The molecule has 0 aromatic heterocycles. The number of likely N-dealkylation sites (N-methyl/N-ethyl adjacent to an activating group) is 1. The topological polar surface area (TPSA) is 89.9 Å². The van der Waals surface area contributed by atoms with Crippen molar-refractivity contribution in [3.8, 4) is 18.2 Å². The lowest BCUT2D eigenvalue weighted by atomic mass is 10.2. The first-order chi connectivity index (χ1) is 11.2. The lowest BCUT2D eigenvalue weighted by molar-refractivity contribution is 0.271. The Morgan fingerprint density at radius 2 is 1.70 bits per heavy atom. The van der Waals surface area contributed by atoms with E-state index in [0.717, 1.165) is 44.1 Å². The fourth-order valence-electron chi connectivity index (χ4n) is 2.58. The minimum Gasteiger partial charge on any atom is -0.367 e. The fraction of sp³-hybridized carbons (Fsp3) is 0.353. The predicted octanol–water partition coefficient (Wildman–Crippen LogP) is 2.07. The zero-order valence-electron chi connectivity index (χ0n) is 13.1. The van der Waals surface area contributed by atoms with E-state index in [0.29, 0.717) is 0 Å². The van der Waals surface area contributed by atoms with Crippen molar-refractivity contribution in [1.82, 2.24) is 4.90 Å². The van der Waals surface area contributed by atoms with Crippen LogP contribution in [-0.4, -0.2) is 37.6 Å². The average molecular weight is 306 g/mol. The number of nitrogens with zero attached hydrogens (tertiary/aromatic N) is 5. The second kappa shape index (κ2) is 7.84. The molecule has 1 aromatic carbocycles. The van der Waals surface area contributed by atoms with E-state index in [1.807, 2.05) is 30.3 Å². The van der Waals surface area contributed by atoms with Crippen molar-refractivity contribution >= 4 is 11.4 Å². The number of rotatable bonds is 4. The average Bonchev–Trinajstić information content (AvgIpc) is 2.62. The zero-order valence-corrected chi connectivity index (χ0v) is 13.1. The van der Waals surface area contributed by atoms with Gasteiger partial charge in [-0.15, -0.1) is 0 Å². The van der Waals surface area contributed by atoms with Gasteiger partial charge < -0.3 is 15.1 Å². The van der Waals surface area contributed by atoms with Crippen LogP contribution in [0.5, 0.6) is 0 Å². The van der Waals surface area contributed by atoms with Gasteiger partial charge >= 0.3 is 0 Å². The standard InChI is InChI=1S/C17H18N6/c1-2-22-7-9-23(10-8-22)17-6-4-3-5-15(17)21-16(13-20)14(11-18)12-19/h3-6,21H,2,7-10H2,1H3. The van der Waals surface area contributed by atoms with Crippen molar-refractivity contribution in [2.45, 2.75) is 6.92 Å². The van der Waals surface area contributed by atoms with Gasteiger partial charge in [0.1, 0.15) is 23.9 Å². The van der Waals surface area contributed by atoms with Crippen molar-refractivity contribution in [1.29, 1.82) is 15.8 Å². The van der Waals surface area contributed by atoms with Crippen LogP contribution in [-0.2, 0) is 0 Å². The molecule has 1 aliphatic rings. The number of anilines is 2. The Morgan fingerprint density at radius 3 is 2.26 bits per heavy atom. The maximum atomic E-state index is 9.19. The summed E-state index contributed by atoms with van der Waals surface area (Å²) in [5.41, 5.74) is 1.48. The van der Waals surface area contributed by atoms with Crippen molar-refractivity contribution in [2.75, 3.05) is 42.9 Å². The fourth-order valence-corrected chi connectivity index (χ4v) is 2.58. The largest absolute Gasteiger partial charge is 0.367 e. The Balaban J connectivity index is 2.26. The normalized spacial score (nSPS) is 14.3. The van der Waals surface area contributed by atoms with Crippen LogP contribution in [0.15, 0.2) is 35.5 Å². The number of benzene rings is 1. The van der Waals surface area contributed by atoms with Crippen LogP contribution in [0.2, 0.25) is 0 Å². The molecule has 0 atom stereocenters. The van der Waals surface area contributed by atoms with Gasteiger partial charge in [0.05, 0.1) is 11.4 Å². The van der Waals surface area contributed by atoms with E-state index >= 15 is 0 Å². The lowest BCUT2D eigenvalue weighted by Gasteiger charge is -2.36. The van der Waals surface area contributed by atoms with Crippen LogP contribution >= 0.6 is 0 Å². The van der Waals surface area contributed by atoms with Gasteiger partial charge in [-0.25, -0.2) is 0 Å². The van der Waals surface area contributed by atoms with E-state index < -0.39 is 0 Å². The van der Waals surface area contributed by atoms with Crippen molar-refractivity contribution in [2.24, 2.45) is 0 Å². The Morgan fingerprint density at radius 1 is 1.04 bits per heavy atom. The van der Waals surface area contributed by atoms with E-state index in [9.17, 15) is 5.26 Å². The molecule has 0 saturated carbocycles. The summed E-state index contributed by atoms with van der Waals surface area (Å²) >= 11 is 0. The second-order valence-corrected chi connectivity index (χ2v) is 5.15. The van der Waals surface area contributed by atoms with Gasteiger partial charge in [-0.05, 0) is 18.7 Å². The number of nitrogens with one attached hydrogen (secondary N) is 1. The van der Waals surface area contributed by atoms with Crippen LogP contribution in [0.3, 0.4) is 0 Å². The molecule has 1 aliphatic heterocycles. The van der Waals surface area contributed by atoms with E-state index in [1.165, 1.54) is 0 Å². The van der Waals surface area contributed by atoms with Crippen LogP contribution in [0.25, 0.3) is 0 Å². The van der Waals surface area contributed by atoms with Crippen LogP contribution < -0.4 is 10.2 Å². The third-order valence-corrected chi connectivity index (χ3v) is 3.91. The molecule has 1 fully saturated rings. The number of hydrogen-bond acceptors (Lipinski definition) is 6. The SMILES string of the molecule is CCN1CCN(c2ccccc2NC(C#N)=C(C#N)C#N)CC1. The molecule has 1 N–H and O–H groups in total. The summed E-state index contributed by atoms with van der Waals surface area (Å²) in [7, 11) is 0. The van der Waals surface area contributed by atoms with Crippen LogP contribution in [0.4, 0.5) is 11.4 Å². The third kappa shape index (κ3) is 3.80. The van der Waals surface area contributed by atoms with Crippen LogP contribution in [0.1, 0.15) is 6.92 Å². The number of nitriles is 3. The molecule has 0 aliphatic carbocycles. The van der Waals surface area contributed by atoms with Crippen LogP contribution in [0, 0.1) is 34.0 Å². The quantitative estimate of drug-likeness (QED) is 0.856. The Labute approximate surface area is 136 Å². The highest BCUT2D eigenvalue weighted by Gasteiger charge is 2.18. The third-order valence-electron chi connectivity index (χ3n) is 3.91. The molecule has 6 heteroatoms. The van der Waals surface area contributed by atoms with E-state index in [1.54, 1.807) is 12.1 Å². The molecule has 1 aromatic rings. The first-order valence-electron chi connectivity index (χ1n) is 7.51. The predicted molar refractivity (Wildman–Crippen MR) is 88.3 cm³/mol. The monoisotopic (exact) mass is 306 g/mol. The maximum Gasteiger partial charge on any atom is 0.163 e. The molecule has 1 saturated heterocycles. The molecule has 116 valence electrons. The molecule has 23 heavy (non-hydrogen) atoms. The van der Waals surface area contributed by atoms with Gasteiger partial charge in [0, 0.05) is 26.2 Å². The summed E-state index contributed by atoms with van der Waals surface area (Å²) in [5.74, 6) is 0. The molecular weight excluding hydrogens is 288 g/mol. The molecular formula is C17H18N6. The molecule has 0 bridgehead atoms. The lowest BCUT2D eigenvalue weighted by Crippen LogP contribution is -2.46. The Bertz CT molecular complexity index is 692. The van der Waals surface area contributed by atoms with Gasteiger partial charge in [0.25, 0.3) is 0 Å². The first kappa shape index (κ1) is 16.4. The number of para-hydroxylation sites is 2. The molecule has 6 nitrogen and oxygen atoms in total. The molecule has 0 radical (unpaired) electrons. The number of hydrogen-bond donors (Lipinski definition) is 1. The molecule has 2 rings (SSSR count). The van der Waals surface area contributed by atoms with Gasteiger partial charge in [0.15, 0.2) is 5.57 Å². The summed E-state index contributed by atoms with van der Waals surface area (Å²) < 4.78 is 0. The molecule has 1 heterocycles. The first-order valence-corrected chi connectivity index (χ1v) is 7.51. The van der Waals surface area contributed by atoms with Crippen molar-refractivity contribution in [3.05, 3.63) is 35.5 Å².